The van der Waals surface area contributed by atoms with Crippen LogP contribution in [0.2, 0.25) is 0 Å². The Balaban J connectivity index is 1.77. The molecular weight excluding hydrogens is 242 g/mol. The highest BCUT2D eigenvalue weighted by atomic mass is 16.5. The topological polar surface area (TPSA) is 55.4 Å². The summed E-state index contributed by atoms with van der Waals surface area (Å²) in [7, 11) is 1.28. The molecule has 1 N–H and O–H groups in total. The van der Waals surface area contributed by atoms with E-state index in [9.17, 15) is 9.59 Å². The number of ether oxygens (including phenoxy) is 1. The van der Waals surface area contributed by atoms with Gasteiger partial charge in [0, 0.05) is 6.54 Å². The van der Waals surface area contributed by atoms with E-state index in [-0.39, 0.29) is 12.3 Å². The monoisotopic (exact) mass is 261 g/mol. The molecular formula is C15H19NO3. The van der Waals surface area contributed by atoms with Crippen molar-refractivity contribution in [2.75, 3.05) is 13.7 Å². The fourth-order valence-corrected chi connectivity index (χ4v) is 2.39. The standard InChI is InChI=1S/C15H19NO3/c1-19-15(18)10-14(17)16-8-7-11-5-6-12-3-2-4-13(12)9-11/h5-6,9H,2-4,7-8,10H2,1H3,(H,16,17). The van der Waals surface area contributed by atoms with E-state index in [1.54, 1.807) is 0 Å². The highest BCUT2D eigenvalue weighted by Gasteiger charge is 2.11. The van der Waals surface area contributed by atoms with E-state index in [2.05, 4.69) is 28.3 Å². The number of hydrogen-bond donors (Lipinski definition) is 1. The summed E-state index contributed by atoms with van der Waals surface area (Å²) in [6.07, 6.45) is 4.18. The molecule has 0 spiro atoms. The van der Waals surface area contributed by atoms with Gasteiger partial charge in [0.15, 0.2) is 0 Å². The molecule has 102 valence electrons. The summed E-state index contributed by atoms with van der Waals surface area (Å²) in [6.45, 7) is 0.550. The number of carbonyl (C=O) groups excluding carboxylic acids is 2. The summed E-state index contributed by atoms with van der Waals surface area (Å²) in [5.41, 5.74) is 4.14. The molecule has 0 unspecified atom stereocenters. The minimum Gasteiger partial charge on any atom is -0.469 e. The van der Waals surface area contributed by atoms with Crippen LogP contribution in [-0.4, -0.2) is 25.5 Å². The van der Waals surface area contributed by atoms with Gasteiger partial charge in [0.25, 0.3) is 0 Å². The summed E-state index contributed by atoms with van der Waals surface area (Å²) >= 11 is 0. The van der Waals surface area contributed by atoms with Crippen molar-refractivity contribution in [2.24, 2.45) is 0 Å². The molecule has 0 aliphatic heterocycles. The van der Waals surface area contributed by atoms with Crippen molar-refractivity contribution < 1.29 is 14.3 Å². The van der Waals surface area contributed by atoms with Gasteiger partial charge in [-0.05, 0) is 42.4 Å². The number of esters is 1. The molecule has 0 radical (unpaired) electrons. The average molecular weight is 261 g/mol. The first-order valence-corrected chi connectivity index (χ1v) is 6.63. The second kappa shape index (κ2) is 6.36. The van der Waals surface area contributed by atoms with Crippen molar-refractivity contribution in [3.63, 3.8) is 0 Å². The zero-order chi connectivity index (χ0) is 13.7. The number of hydrogen-bond acceptors (Lipinski definition) is 3. The predicted octanol–water partition coefficient (Wildman–Crippen LogP) is 1.40. The van der Waals surface area contributed by atoms with Crippen LogP contribution in [0.3, 0.4) is 0 Å². The normalized spacial score (nSPS) is 12.9. The van der Waals surface area contributed by atoms with Crippen molar-refractivity contribution in [1.82, 2.24) is 5.32 Å². The van der Waals surface area contributed by atoms with Crippen molar-refractivity contribution in [2.45, 2.75) is 32.1 Å². The minimum atomic E-state index is -0.505. The molecule has 0 heterocycles. The van der Waals surface area contributed by atoms with Crippen LogP contribution in [0.1, 0.15) is 29.5 Å². The highest BCUT2D eigenvalue weighted by molar-refractivity contribution is 5.94. The number of fused-ring (bicyclic) bond motifs is 1. The summed E-state index contributed by atoms with van der Waals surface area (Å²) in [6, 6.07) is 6.54. The Kier molecular flexibility index (Phi) is 4.55. The number of amides is 1. The quantitative estimate of drug-likeness (QED) is 0.644. The van der Waals surface area contributed by atoms with Gasteiger partial charge in [-0.15, -0.1) is 0 Å². The van der Waals surface area contributed by atoms with Gasteiger partial charge in [0.1, 0.15) is 6.42 Å². The molecule has 1 aliphatic rings. The predicted molar refractivity (Wildman–Crippen MR) is 71.8 cm³/mol. The fourth-order valence-electron chi connectivity index (χ4n) is 2.39. The average Bonchev–Trinajstić information content (AvgIpc) is 2.86. The molecule has 0 fully saturated rings. The van der Waals surface area contributed by atoms with Crippen molar-refractivity contribution in [3.8, 4) is 0 Å². The van der Waals surface area contributed by atoms with Crippen molar-refractivity contribution >= 4 is 11.9 Å². The lowest BCUT2D eigenvalue weighted by atomic mass is 10.0. The summed E-state index contributed by atoms with van der Waals surface area (Å²) in [5, 5.41) is 2.72. The molecule has 0 atom stereocenters. The van der Waals surface area contributed by atoms with Crippen molar-refractivity contribution in [1.29, 1.82) is 0 Å². The van der Waals surface area contributed by atoms with Gasteiger partial charge in [-0.2, -0.15) is 0 Å². The Bertz CT molecular complexity index is 482. The van der Waals surface area contributed by atoms with Crippen LogP contribution in [0.5, 0.6) is 0 Å². The third-order valence-electron chi connectivity index (χ3n) is 3.43. The van der Waals surface area contributed by atoms with E-state index >= 15 is 0 Å². The van der Waals surface area contributed by atoms with Gasteiger partial charge < -0.3 is 10.1 Å². The van der Waals surface area contributed by atoms with E-state index in [0.717, 1.165) is 12.8 Å². The Hall–Kier alpha value is -1.84. The zero-order valence-corrected chi connectivity index (χ0v) is 11.2. The van der Waals surface area contributed by atoms with Crippen LogP contribution in [0.25, 0.3) is 0 Å². The lowest BCUT2D eigenvalue weighted by Crippen LogP contribution is -2.28. The molecule has 0 saturated carbocycles. The molecule has 2 rings (SSSR count). The molecule has 1 aromatic rings. The summed E-state index contributed by atoms with van der Waals surface area (Å²) in [4.78, 5) is 22.3. The molecule has 1 amide bonds. The molecule has 0 aromatic heterocycles. The smallest absolute Gasteiger partial charge is 0.315 e. The van der Waals surface area contributed by atoms with Gasteiger partial charge >= 0.3 is 5.97 Å². The molecule has 4 heteroatoms. The van der Waals surface area contributed by atoms with Crippen LogP contribution in [-0.2, 0) is 33.6 Å². The molecule has 1 aliphatic carbocycles. The Morgan fingerprint density at radius 2 is 2.05 bits per heavy atom. The second-order valence-corrected chi connectivity index (χ2v) is 4.81. The van der Waals surface area contributed by atoms with E-state index in [0.29, 0.717) is 6.54 Å². The van der Waals surface area contributed by atoms with Crippen LogP contribution >= 0.6 is 0 Å². The van der Waals surface area contributed by atoms with E-state index in [4.69, 9.17) is 0 Å². The largest absolute Gasteiger partial charge is 0.469 e. The Labute approximate surface area is 113 Å². The number of carbonyl (C=O) groups is 2. The van der Waals surface area contributed by atoms with Gasteiger partial charge in [-0.3, -0.25) is 9.59 Å². The number of methoxy groups -OCH3 is 1. The van der Waals surface area contributed by atoms with E-state index in [1.807, 2.05) is 0 Å². The minimum absolute atomic E-state index is 0.208. The number of rotatable bonds is 5. The van der Waals surface area contributed by atoms with Crippen molar-refractivity contribution in [3.05, 3.63) is 34.9 Å². The van der Waals surface area contributed by atoms with Gasteiger partial charge in [0.2, 0.25) is 5.91 Å². The van der Waals surface area contributed by atoms with E-state index in [1.165, 1.54) is 36.6 Å². The maximum Gasteiger partial charge on any atom is 0.315 e. The second-order valence-electron chi connectivity index (χ2n) is 4.81. The molecule has 19 heavy (non-hydrogen) atoms. The maximum atomic E-state index is 11.4. The summed E-state index contributed by atoms with van der Waals surface area (Å²) < 4.78 is 4.44. The molecule has 1 aromatic carbocycles. The Morgan fingerprint density at radius 1 is 1.26 bits per heavy atom. The maximum absolute atomic E-state index is 11.4. The number of nitrogens with one attached hydrogen (secondary N) is 1. The van der Waals surface area contributed by atoms with Crippen LogP contribution in [0.15, 0.2) is 18.2 Å². The SMILES string of the molecule is COC(=O)CC(=O)NCCc1ccc2c(c1)CCC2. The number of aryl methyl sites for hydroxylation is 2. The van der Waals surface area contributed by atoms with Crippen LogP contribution in [0, 0.1) is 0 Å². The summed E-state index contributed by atoms with van der Waals surface area (Å²) in [5.74, 6) is -0.789. The third kappa shape index (κ3) is 3.81. The number of benzene rings is 1. The first-order valence-electron chi connectivity index (χ1n) is 6.63. The van der Waals surface area contributed by atoms with Gasteiger partial charge in [0.05, 0.1) is 7.11 Å². The first kappa shape index (κ1) is 13.6. The van der Waals surface area contributed by atoms with Crippen LogP contribution < -0.4 is 5.32 Å². The van der Waals surface area contributed by atoms with Gasteiger partial charge in [-0.1, -0.05) is 18.2 Å². The van der Waals surface area contributed by atoms with E-state index < -0.39 is 5.97 Å². The molecule has 0 bridgehead atoms. The zero-order valence-electron chi connectivity index (χ0n) is 11.2. The lowest BCUT2D eigenvalue weighted by Gasteiger charge is -2.06. The molecule has 0 saturated heterocycles. The highest BCUT2D eigenvalue weighted by Crippen LogP contribution is 2.22. The lowest BCUT2D eigenvalue weighted by molar-refractivity contribution is -0.143. The molecule has 4 nitrogen and oxygen atoms in total. The van der Waals surface area contributed by atoms with Crippen LogP contribution in [0.4, 0.5) is 0 Å². The third-order valence-corrected chi connectivity index (χ3v) is 3.43. The Morgan fingerprint density at radius 3 is 2.84 bits per heavy atom. The fraction of sp³-hybridized carbons (Fsp3) is 0.467. The van der Waals surface area contributed by atoms with Gasteiger partial charge in [-0.25, -0.2) is 0 Å². The first-order chi connectivity index (χ1) is 9.19.